The summed E-state index contributed by atoms with van der Waals surface area (Å²) in [5.74, 6) is 1.49. The number of H-pyrrole nitrogens is 1. The zero-order valence-electron chi connectivity index (χ0n) is 18.5. The van der Waals surface area contributed by atoms with Gasteiger partial charge < -0.3 is 9.84 Å². The van der Waals surface area contributed by atoms with Crippen LogP contribution in [0.3, 0.4) is 0 Å². The molecule has 1 aliphatic heterocycles. The molecule has 0 radical (unpaired) electrons. The number of nitrogens with one attached hydrogen (secondary N) is 1. The van der Waals surface area contributed by atoms with Crippen LogP contribution in [-0.2, 0) is 12.8 Å². The van der Waals surface area contributed by atoms with Gasteiger partial charge in [-0.05, 0) is 30.4 Å². The molecule has 0 atom stereocenters. The van der Waals surface area contributed by atoms with Gasteiger partial charge in [0, 0.05) is 42.2 Å². The molecule has 8 nitrogen and oxygen atoms in total. The lowest BCUT2D eigenvalue weighted by molar-refractivity contribution is 0.207. The third-order valence-corrected chi connectivity index (χ3v) is 7.59. The number of benzene rings is 1. The van der Waals surface area contributed by atoms with E-state index in [1.54, 1.807) is 19.1 Å². The predicted molar refractivity (Wildman–Crippen MR) is 129 cm³/mol. The Morgan fingerprint density at radius 1 is 1.24 bits per heavy atom. The second-order valence-electron chi connectivity index (χ2n) is 8.57. The lowest BCUT2D eigenvalue weighted by Crippen LogP contribution is -2.43. The molecule has 170 valence electrons. The highest BCUT2D eigenvalue weighted by Gasteiger charge is 2.29. The minimum absolute atomic E-state index is 0.204. The average molecular weight is 463 g/mol. The number of hydrogen-bond acceptors (Lipinski definition) is 7. The number of nitrogens with zero attached hydrogens (tertiary/aromatic N) is 5. The Balaban J connectivity index is 1.35. The molecule has 3 aromatic heterocycles. The van der Waals surface area contributed by atoms with E-state index in [1.807, 2.05) is 16.9 Å². The van der Waals surface area contributed by atoms with E-state index in [9.17, 15) is 0 Å². The number of aromatic nitrogens is 5. The van der Waals surface area contributed by atoms with Crippen LogP contribution < -0.4 is 4.74 Å². The van der Waals surface area contributed by atoms with Crippen LogP contribution in [0.25, 0.3) is 33.5 Å². The summed E-state index contributed by atoms with van der Waals surface area (Å²) in [6.07, 6.45) is 7.31. The van der Waals surface area contributed by atoms with Crippen LogP contribution in [0, 0.1) is 0 Å². The van der Waals surface area contributed by atoms with Gasteiger partial charge >= 0.3 is 0 Å². The predicted octanol–water partition coefficient (Wildman–Crippen LogP) is 3.48. The highest BCUT2D eigenvalue weighted by atomic mass is 32.2. The number of aliphatic hydroxyl groups excluding tert-OH is 1. The van der Waals surface area contributed by atoms with E-state index in [4.69, 9.17) is 14.8 Å². The SMILES string of the molecule is COc1cc2[nH]nc(-c3cnn(C4CN(SCCO)C4)c3)c2nc1-c1cccc2c1CCC2. The molecule has 4 aromatic rings. The van der Waals surface area contributed by atoms with Crippen LogP contribution in [0.4, 0.5) is 0 Å². The summed E-state index contributed by atoms with van der Waals surface area (Å²) in [6.45, 7) is 2.05. The van der Waals surface area contributed by atoms with Gasteiger partial charge in [-0.3, -0.25) is 9.78 Å². The van der Waals surface area contributed by atoms with Gasteiger partial charge in [0.2, 0.25) is 0 Å². The summed E-state index contributed by atoms with van der Waals surface area (Å²) >= 11 is 1.68. The molecule has 0 bridgehead atoms. The second-order valence-corrected chi connectivity index (χ2v) is 9.75. The molecule has 1 fully saturated rings. The van der Waals surface area contributed by atoms with Crippen LogP contribution in [0.15, 0.2) is 36.7 Å². The van der Waals surface area contributed by atoms with Crippen molar-refractivity contribution in [2.45, 2.75) is 25.3 Å². The van der Waals surface area contributed by atoms with Crippen molar-refractivity contribution in [2.75, 3.05) is 32.6 Å². The molecule has 0 saturated carbocycles. The molecular weight excluding hydrogens is 436 g/mol. The molecule has 1 aliphatic carbocycles. The lowest BCUT2D eigenvalue weighted by atomic mass is 9.99. The fraction of sp³-hybridized carbons (Fsp3) is 0.375. The Morgan fingerprint density at radius 3 is 3.00 bits per heavy atom. The number of fused-ring (bicyclic) bond motifs is 2. The first-order valence-electron chi connectivity index (χ1n) is 11.3. The molecule has 0 unspecified atom stereocenters. The Hall–Kier alpha value is -2.88. The van der Waals surface area contributed by atoms with Crippen molar-refractivity contribution in [1.82, 2.24) is 29.3 Å². The third kappa shape index (κ3) is 3.60. The highest BCUT2D eigenvalue weighted by Crippen LogP contribution is 2.39. The molecule has 2 N–H and O–H groups in total. The molecular formula is C24H26N6O2S. The van der Waals surface area contributed by atoms with E-state index >= 15 is 0 Å². The topological polar surface area (TPSA) is 92.1 Å². The van der Waals surface area contributed by atoms with Crippen molar-refractivity contribution in [3.63, 3.8) is 0 Å². The van der Waals surface area contributed by atoms with Gasteiger partial charge in [-0.2, -0.15) is 10.2 Å². The molecule has 4 heterocycles. The van der Waals surface area contributed by atoms with Crippen LogP contribution in [0.1, 0.15) is 23.6 Å². The number of aliphatic hydroxyl groups is 1. The first kappa shape index (κ1) is 20.7. The van der Waals surface area contributed by atoms with E-state index in [2.05, 4.69) is 44.0 Å². The average Bonchev–Trinajstić information content (AvgIpc) is 3.55. The number of pyridine rings is 1. The smallest absolute Gasteiger partial charge is 0.147 e. The molecule has 0 spiro atoms. The van der Waals surface area contributed by atoms with Crippen molar-refractivity contribution in [3.05, 3.63) is 47.8 Å². The highest BCUT2D eigenvalue weighted by molar-refractivity contribution is 7.97. The van der Waals surface area contributed by atoms with E-state index in [0.29, 0.717) is 6.04 Å². The molecule has 1 aromatic carbocycles. The third-order valence-electron chi connectivity index (χ3n) is 6.56. The van der Waals surface area contributed by atoms with Gasteiger partial charge in [-0.25, -0.2) is 9.29 Å². The van der Waals surface area contributed by atoms with Gasteiger partial charge in [-0.15, -0.1) is 0 Å². The summed E-state index contributed by atoms with van der Waals surface area (Å²) < 4.78 is 10.00. The quantitative estimate of drug-likeness (QED) is 0.406. The largest absolute Gasteiger partial charge is 0.494 e. The summed E-state index contributed by atoms with van der Waals surface area (Å²) in [5, 5.41) is 21.3. The molecule has 6 rings (SSSR count). The van der Waals surface area contributed by atoms with Crippen molar-refractivity contribution < 1.29 is 9.84 Å². The fourth-order valence-corrected chi connectivity index (χ4v) is 5.74. The van der Waals surface area contributed by atoms with E-state index in [-0.39, 0.29) is 6.61 Å². The summed E-state index contributed by atoms with van der Waals surface area (Å²) in [5.41, 5.74) is 8.25. The summed E-state index contributed by atoms with van der Waals surface area (Å²) in [4.78, 5) is 5.07. The molecule has 33 heavy (non-hydrogen) atoms. The zero-order valence-corrected chi connectivity index (χ0v) is 19.3. The van der Waals surface area contributed by atoms with Gasteiger partial charge in [0.05, 0.1) is 31.5 Å². The van der Waals surface area contributed by atoms with Gasteiger partial charge in [0.15, 0.2) is 0 Å². The minimum Gasteiger partial charge on any atom is -0.494 e. The molecule has 2 aliphatic rings. The normalized spacial score (nSPS) is 16.3. The summed E-state index contributed by atoms with van der Waals surface area (Å²) in [6, 6.07) is 8.82. The molecule has 0 amide bonds. The lowest BCUT2D eigenvalue weighted by Gasteiger charge is -2.37. The first-order valence-corrected chi connectivity index (χ1v) is 12.3. The first-order chi connectivity index (χ1) is 16.2. The van der Waals surface area contributed by atoms with Crippen molar-refractivity contribution in [3.8, 4) is 28.3 Å². The Labute approximate surface area is 196 Å². The van der Waals surface area contributed by atoms with Gasteiger partial charge in [0.25, 0.3) is 0 Å². The van der Waals surface area contributed by atoms with E-state index in [0.717, 1.165) is 71.0 Å². The number of ether oxygens (including phenoxy) is 1. The number of aryl methyl sites for hydroxylation is 1. The van der Waals surface area contributed by atoms with E-state index < -0.39 is 0 Å². The second kappa shape index (κ2) is 8.48. The Kier molecular flexibility index (Phi) is 5.32. The summed E-state index contributed by atoms with van der Waals surface area (Å²) in [7, 11) is 1.69. The fourth-order valence-electron chi connectivity index (χ4n) is 4.84. The maximum absolute atomic E-state index is 9.00. The minimum atomic E-state index is 0.204. The number of methoxy groups -OCH3 is 1. The number of hydrogen-bond donors (Lipinski definition) is 2. The standard InChI is InChI=1S/C24H26N6O2S/c1-32-21-10-20-24(26-23(21)19-7-3-5-15-4-2-6-18(15)19)22(28-27-20)16-11-25-30(12-16)17-13-29(14-17)33-9-8-31/h3,5,7,10-12,17,31H,2,4,6,8-9,13-14H2,1H3,(H,27,28). The van der Waals surface area contributed by atoms with Crippen molar-refractivity contribution >= 4 is 23.0 Å². The molecule has 1 saturated heterocycles. The monoisotopic (exact) mass is 462 g/mol. The van der Waals surface area contributed by atoms with Gasteiger partial charge in [0.1, 0.15) is 22.7 Å². The maximum Gasteiger partial charge on any atom is 0.147 e. The van der Waals surface area contributed by atoms with Crippen LogP contribution >= 0.6 is 11.9 Å². The zero-order chi connectivity index (χ0) is 22.4. The van der Waals surface area contributed by atoms with Crippen LogP contribution in [-0.4, -0.2) is 66.9 Å². The Bertz CT molecular complexity index is 1310. The molecule has 9 heteroatoms. The van der Waals surface area contributed by atoms with Crippen LogP contribution in [0.2, 0.25) is 0 Å². The van der Waals surface area contributed by atoms with Crippen molar-refractivity contribution in [1.29, 1.82) is 0 Å². The van der Waals surface area contributed by atoms with Crippen LogP contribution in [0.5, 0.6) is 5.75 Å². The number of rotatable bonds is 7. The Morgan fingerprint density at radius 2 is 2.15 bits per heavy atom. The van der Waals surface area contributed by atoms with Gasteiger partial charge in [-0.1, -0.05) is 30.1 Å². The maximum atomic E-state index is 9.00. The van der Waals surface area contributed by atoms with Crippen molar-refractivity contribution in [2.24, 2.45) is 0 Å². The number of aromatic amines is 1. The van der Waals surface area contributed by atoms with E-state index in [1.165, 1.54) is 17.5 Å².